The Hall–Kier alpha value is -1.77. The topological polar surface area (TPSA) is 19.4 Å². The standard InChI is InChI=1S/C19H25N3/c1-15-8-12-22(13-9-15)19-14-18(21-10-4-5-11-21)16-6-2-3-7-17(16)20-19/h2-3,6-7,14-15H,4-5,8-13H2,1H3. The van der Waals surface area contributed by atoms with Gasteiger partial charge in [0.1, 0.15) is 5.82 Å². The number of benzene rings is 1. The second kappa shape index (κ2) is 5.79. The molecular weight excluding hydrogens is 270 g/mol. The zero-order chi connectivity index (χ0) is 14.9. The van der Waals surface area contributed by atoms with Gasteiger partial charge in [0.05, 0.1) is 5.52 Å². The summed E-state index contributed by atoms with van der Waals surface area (Å²) in [5.41, 5.74) is 2.53. The summed E-state index contributed by atoms with van der Waals surface area (Å²) < 4.78 is 0. The molecule has 22 heavy (non-hydrogen) atoms. The molecule has 0 amide bonds. The molecule has 1 aromatic heterocycles. The van der Waals surface area contributed by atoms with Crippen molar-refractivity contribution >= 4 is 22.4 Å². The lowest BCUT2D eigenvalue weighted by molar-refractivity contribution is 0.437. The molecule has 0 radical (unpaired) electrons. The fourth-order valence-electron chi connectivity index (χ4n) is 3.76. The summed E-state index contributed by atoms with van der Waals surface area (Å²) in [7, 11) is 0. The van der Waals surface area contributed by atoms with E-state index >= 15 is 0 Å². The van der Waals surface area contributed by atoms with Crippen molar-refractivity contribution in [1.29, 1.82) is 0 Å². The van der Waals surface area contributed by atoms with Crippen molar-refractivity contribution in [2.45, 2.75) is 32.6 Å². The van der Waals surface area contributed by atoms with Gasteiger partial charge in [0.2, 0.25) is 0 Å². The SMILES string of the molecule is CC1CCN(c2cc(N3CCCC3)c3ccccc3n2)CC1. The zero-order valence-corrected chi connectivity index (χ0v) is 13.5. The highest BCUT2D eigenvalue weighted by Gasteiger charge is 2.21. The molecule has 3 heteroatoms. The molecule has 2 saturated heterocycles. The van der Waals surface area contributed by atoms with Gasteiger partial charge in [-0.05, 0) is 37.7 Å². The molecule has 2 fully saturated rings. The Morgan fingerprint density at radius 3 is 2.45 bits per heavy atom. The molecule has 0 aliphatic carbocycles. The minimum absolute atomic E-state index is 0.856. The first-order valence-corrected chi connectivity index (χ1v) is 8.71. The summed E-state index contributed by atoms with van der Waals surface area (Å²) in [4.78, 5) is 9.98. The van der Waals surface area contributed by atoms with Crippen molar-refractivity contribution in [3.05, 3.63) is 30.3 Å². The van der Waals surface area contributed by atoms with Gasteiger partial charge in [0.15, 0.2) is 0 Å². The lowest BCUT2D eigenvalue weighted by Crippen LogP contribution is -2.33. The fraction of sp³-hybridized carbons (Fsp3) is 0.526. The van der Waals surface area contributed by atoms with Crippen LogP contribution >= 0.6 is 0 Å². The minimum atomic E-state index is 0.856. The molecule has 0 atom stereocenters. The number of fused-ring (bicyclic) bond motifs is 1. The molecule has 0 unspecified atom stereocenters. The van der Waals surface area contributed by atoms with Crippen LogP contribution in [0.4, 0.5) is 11.5 Å². The van der Waals surface area contributed by atoms with Crippen LogP contribution in [0.3, 0.4) is 0 Å². The normalized spacial score (nSPS) is 20.0. The Morgan fingerprint density at radius 1 is 0.955 bits per heavy atom. The molecule has 0 saturated carbocycles. The minimum Gasteiger partial charge on any atom is -0.371 e. The Kier molecular flexibility index (Phi) is 3.65. The highest BCUT2D eigenvalue weighted by Crippen LogP contribution is 2.33. The monoisotopic (exact) mass is 295 g/mol. The molecule has 3 nitrogen and oxygen atoms in total. The maximum absolute atomic E-state index is 4.96. The van der Waals surface area contributed by atoms with E-state index < -0.39 is 0 Å². The average Bonchev–Trinajstić information content (AvgIpc) is 3.09. The molecule has 0 bridgehead atoms. The Balaban J connectivity index is 1.75. The number of para-hydroxylation sites is 1. The van der Waals surface area contributed by atoms with Crippen LogP contribution in [0.5, 0.6) is 0 Å². The van der Waals surface area contributed by atoms with Crippen LogP contribution < -0.4 is 9.80 Å². The van der Waals surface area contributed by atoms with Gasteiger partial charge < -0.3 is 9.80 Å². The molecule has 1 aromatic carbocycles. The molecule has 0 spiro atoms. The third kappa shape index (κ3) is 2.53. The highest BCUT2D eigenvalue weighted by atomic mass is 15.2. The zero-order valence-electron chi connectivity index (χ0n) is 13.5. The van der Waals surface area contributed by atoms with Crippen molar-refractivity contribution in [3.63, 3.8) is 0 Å². The van der Waals surface area contributed by atoms with Crippen molar-refractivity contribution in [2.24, 2.45) is 5.92 Å². The number of hydrogen-bond donors (Lipinski definition) is 0. The van der Waals surface area contributed by atoms with E-state index in [1.807, 2.05) is 0 Å². The van der Waals surface area contributed by atoms with Crippen LogP contribution in [0.1, 0.15) is 32.6 Å². The number of nitrogens with zero attached hydrogens (tertiary/aromatic N) is 3. The van der Waals surface area contributed by atoms with E-state index in [0.29, 0.717) is 0 Å². The fourth-order valence-corrected chi connectivity index (χ4v) is 3.76. The van der Waals surface area contributed by atoms with Gasteiger partial charge in [-0.1, -0.05) is 25.1 Å². The van der Waals surface area contributed by atoms with Crippen LogP contribution in [-0.4, -0.2) is 31.2 Å². The smallest absolute Gasteiger partial charge is 0.131 e. The third-order valence-corrected chi connectivity index (χ3v) is 5.24. The quantitative estimate of drug-likeness (QED) is 0.832. The van der Waals surface area contributed by atoms with E-state index in [0.717, 1.165) is 24.5 Å². The number of aromatic nitrogens is 1. The molecule has 2 aromatic rings. The lowest BCUT2D eigenvalue weighted by Gasteiger charge is -2.32. The number of anilines is 2. The average molecular weight is 295 g/mol. The summed E-state index contributed by atoms with van der Waals surface area (Å²) in [6.45, 7) is 7.02. The van der Waals surface area contributed by atoms with E-state index in [-0.39, 0.29) is 0 Å². The summed E-state index contributed by atoms with van der Waals surface area (Å²) >= 11 is 0. The predicted molar refractivity (Wildman–Crippen MR) is 93.8 cm³/mol. The van der Waals surface area contributed by atoms with E-state index in [9.17, 15) is 0 Å². The molecule has 2 aliphatic heterocycles. The molecule has 3 heterocycles. The Bertz CT molecular complexity index is 653. The maximum Gasteiger partial charge on any atom is 0.131 e. The summed E-state index contributed by atoms with van der Waals surface area (Å²) in [6.07, 6.45) is 5.20. The molecule has 4 rings (SSSR count). The predicted octanol–water partition coefficient (Wildman–Crippen LogP) is 4.07. The number of piperidine rings is 1. The maximum atomic E-state index is 4.96. The van der Waals surface area contributed by atoms with Gasteiger partial charge in [-0.25, -0.2) is 4.98 Å². The number of pyridine rings is 1. The van der Waals surface area contributed by atoms with Gasteiger partial charge >= 0.3 is 0 Å². The van der Waals surface area contributed by atoms with Gasteiger partial charge in [0, 0.05) is 43.3 Å². The second-order valence-electron chi connectivity index (χ2n) is 6.88. The van der Waals surface area contributed by atoms with E-state index in [1.165, 1.54) is 55.7 Å². The first kappa shape index (κ1) is 13.9. The first-order chi connectivity index (χ1) is 10.8. The molecule has 2 aliphatic rings. The number of rotatable bonds is 2. The van der Waals surface area contributed by atoms with Crippen molar-refractivity contribution < 1.29 is 0 Å². The van der Waals surface area contributed by atoms with Crippen LogP contribution in [0.15, 0.2) is 30.3 Å². The van der Waals surface area contributed by atoms with E-state index in [4.69, 9.17) is 4.98 Å². The van der Waals surface area contributed by atoms with Crippen molar-refractivity contribution in [3.8, 4) is 0 Å². The van der Waals surface area contributed by atoms with Gasteiger partial charge in [-0.3, -0.25) is 0 Å². The molecule has 0 N–H and O–H groups in total. The second-order valence-corrected chi connectivity index (χ2v) is 6.88. The van der Waals surface area contributed by atoms with Crippen LogP contribution in [-0.2, 0) is 0 Å². The van der Waals surface area contributed by atoms with E-state index in [2.05, 4.69) is 47.1 Å². The van der Waals surface area contributed by atoms with Gasteiger partial charge in [-0.2, -0.15) is 0 Å². The van der Waals surface area contributed by atoms with Crippen molar-refractivity contribution in [1.82, 2.24) is 4.98 Å². The highest BCUT2D eigenvalue weighted by molar-refractivity contribution is 5.93. The van der Waals surface area contributed by atoms with Crippen LogP contribution in [0, 0.1) is 5.92 Å². The Labute approximate surface area is 132 Å². The lowest BCUT2D eigenvalue weighted by atomic mass is 9.99. The summed E-state index contributed by atoms with van der Waals surface area (Å²) in [6, 6.07) is 10.9. The molecular formula is C19H25N3. The van der Waals surface area contributed by atoms with E-state index in [1.54, 1.807) is 0 Å². The summed E-state index contributed by atoms with van der Waals surface area (Å²) in [5, 5.41) is 1.30. The molecule has 116 valence electrons. The van der Waals surface area contributed by atoms with Crippen LogP contribution in [0.25, 0.3) is 10.9 Å². The summed E-state index contributed by atoms with van der Waals surface area (Å²) in [5.74, 6) is 2.03. The first-order valence-electron chi connectivity index (χ1n) is 8.71. The largest absolute Gasteiger partial charge is 0.371 e. The third-order valence-electron chi connectivity index (χ3n) is 5.24. The van der Waals surface area contributed by atoms with Crippen LogP contribution in [0.2, 0.25) is 0 Å². The number of hydrogen-bond acceptors (Lipinski definition) is 3. The van der Waals surface area contributed by atoms with Gasteiger partial charge in [0.25, 0.3) is 0 Å². The van der Waals surface area contributed by atoms with Crippen molar-refractivity contribution in [2.75, 3.05) is 36.0 Å². The Morgan fingerprint density at radius 2 is 1.68 bits per heavy atom. The van der Waals surface area contributed by atoms with Gasteiger partial charge in [-0.15, -0.1) is 0 Å².